The number of hydrogen-bond acceptors (Lipinski definition) is 6. The van der Waals surface area contributed by atoms with Crippen molar-refractivity contribution in [2.75, 3.05) is 44.4 Å². The van der Waals surface area contributed by atoms with Gasteiger partial charge in [0.15, 0.2) is 0 Å². The number of nitrogens with zero attached hydrogens (tertiary/aromatic N) is 3. The van der Waals surface area contributed by atoms with Crippen LogP contribution in [0.3, 0.4) is 0 Å². The molecular weight excluding hydrogens is 366 g/mol. The van der Waals surface area contributed by atoms with E-state index in [0.29, 0.717) is 26.2 Å². The molecule has 27 heavy (non-hydrogen) atoms. The minimum absolute atomic E-state index is 0.145. The second-order valence-electron chi connectivity index (χ2n) is 6.12. The Labute approximate surface area is 162 Å². The molecule has 0 bridgehead atoms. The van der Waals surface area contributed by atoms with Crippen LogP contribution < -0.4 is 9.64 Å². The van der Waals surface area contributed by atoms with E-state index in [-0.39, 0.29) is 17.2 Å². The number of ether oxygens (including phenoxy) is 1. The second-order valence-corrected chi connectivity index (χ2v) is 7.00. The average molecular weight is 387 g/mol. The maximum absolute atomic E-state index is 12.9. The van der Waals surface area contributed by atoms with Crippen molar-refractivity contribution in [3.63, 3.8) is 0 Å². The molecular formula is C19H21N3O4S. The topological polar surface area (TPSA) is 75.9 Å². The third-order valence-electron chi connectivity index (χ3n) is 4.62. The van der Waals surface area contributed by atoms with Gasteiger partial charge in [-0.05, 0) is 30.5 Å². The molecule has 3 rings (SSSR count). The molecule has 2 aromatic rings. The average Bonchev–Trinajstić information content (AvgIpc) is 2.72. The van der Waals surface area contributed by atoms with E-state index in [0.717, 1.165) is 16.3 Å². The summed E-state index contributed by atoms with van der Waals surface area (Å²) >= 11 is 1.46. The van der Waals surface area contributed by atoms with E-state index in [1.54, 1.807) is 24.1 Å². The Morgan fingerprint density at radius 3 is 2.52 bits per heavy atom. The molecule has 1 heterocycles. The molecule has 8 heteroatoms. The zero-order valence-electron chi connectivity index (χ0n) is 15.3. The van der Waals surface area contributed by atoms with E-state index < -0.39 is 4.92 Å². The molecule has 1 fully saturated rings. The molecule has 7 nitrogen and oxygen atoms in total. The van der Waals surface area contributed by atoms with Crippen molar-refractivity contribution in [1.82, 2.24) is 4.90 Å². The standard InChI is InChI=1S/C19H21N3O4S/c1-26-15-5-3-4-14(12-15)20-8-10-21(11-9-20)19(23)17-13-16(27-2)6-7-18(17)22(24)25/h3-7,12-13H,8-11H2,1-2H3. The number of rotatable bonds is 5. The number of nitro groups is 1. The first kappa shape index (κ1) is 19.0. The second kappa shape index (κ2) is 8.30. The first-order chi connectivity index (χ1) is 13.0. The lowest BCUT2D eigenvalue weighted by Gasteiger charge is -2.36. The van der Waals surface area contributed by atoms with Crippen molar-refractivity contribution in [2.24, 2.45) is 0 Å². The Hall–Kier alpha value is -2.74. The predicted octanol–water partition coefficient (Wildman–Crippen LogP) is 3.29. The summed E-state index contributed by atoms with van der Waals surface area (Å²) < 4.78 is 5.26. The van der Waals surface area contributed by atoms with Crippen molar-refractivity contribution < 1.29 is 14.5 Å². The Morgan fingerprint density at radius 1 is 1.15 bits per heavy atom. The van der Waals surface area contributed by atoms with Crippen molar-refractivity contribution in [3.05, 3.63) is 58.1 Å². The summed E-state index contributed by atoms with van der Waals surface area (Å²) in [7, 11) is 1.63. The van der Waals surface area contributed by atoms with Crippen LogP contribution in [-0.2, 0) is 0 Å². The van der Waals surface area contributed by atoms with Crippen molar-refractivity contribution in [1.29, 1.82) is 0 Å². The summed E-state index contributed by atoms with van der Waals surface area (Å²) in [6, 6.07) is 12.5. The number of methoxy groups -OCH3 is 1. The lowest BCUT2D eigenvalue weighted by molar-refractivity contribution is -0.385. The summed E-state index contributed by atoms with van der Waals surface area (Å²) in [5.41, 5.74) is 1.05. The molecule has 0 aromatic heterocycles. The minimum Gasteiger partial charge on any atom is -0.497 e. The summed E-state index contributed by atoms with van der Waals surface area (Å²) in [5.74, 6) is 0.499. The van der Waals surface area contributed by atoms with E-state index in [1.165, 1.54) is 17.8 Å². The molecule has 1 amide bonds. The first-order valence-corrected chi connectivity index (χ1v) is 9.76. The highest BCUT2D eigenvalue weighted by Crippen LogP contribution is 2.27. The number of nitro benzene ring substituents is 1. The van der Waals surface area contributed by atoms with Gasteiger partial charge in [0.1, 0.15) is 11.3 Å². The van der Waals surface area contributed by atoms with Gasteiger partial charge in [0.2, 0.25) is 0 Å². The maximum Gasteiger partial charge on any atom is 0.282 e. The molecule has 0 aliphatic carbocycles. The van der Waals surface area contributed by atoms with Crippen LogP contribution >= 0.6 is 11.8 Å². The first-order valence-electron chi connectivity index (χ1n) is 8.54. The fraction of sp³-hybridized carbons (Fsp3) is 0.316. The van der Waals surface area contributed by atoms with Crippen molar-refractivity contribution in [3.8, 4) is 5.75 Å². The van der Waals surface area contributed by atoms with Gasteiger partial charge >= 0.3 is 0 Å². The highest BCUT2D eigenvalue weighted by atomic mass is 32.2. The number of hydrogen-bond donors (Lipinski definition) is 0. The van der Waals surface area contributed by atoms with Gasteiger partial charge in [-0.25, -0.2) is 0 Å². The predicted molar refractivity (Wildman–Crippen MR) is 106 cm³/mol. The smallest absolute Gasteiger partial charge is 0.282 e. The summed E-state index contributed by atoms with van der Waals surface area (Å²) in [5, 5.41) is 11.3. The van der Waals surface area contributed by atoms with Gasteiger partial charge in [0.05, 0.1) is 12.0 Å². The maximum atomic E-state index is 12.9. The molecule has 1 saturated heterocycles. The molecule has 2 aromatic carbocycles. The van der Waals surface area contributed by atoms with Crippen LogP contribution in [-0.4, -0.2) is 55.3 Å². The Kier molecular flexibility index (Phi) is 5.85. The molecule has 0 atom stereocenters. The zero-order valence-corrected chi connectivity index (χ0v) is 16.1. The molecule has 0 spiro atoms. The van der Waals surface area contributed by atoms with Crippen LogP contribution in [0.1, 0.15) is 10.4 Å². The van der Waals surface area contributed by atoms with Crippen LogP contribution in [0.25, 0.3) is 0 Å². The van der Waals surface area contributed by atoms with Crippen LogP contribution in [0.2, 0.25) is 0 Å². The Balaban J connectivity index is 1.74. The van der Waals surface area contributed by atoms with Gasteiger partial charge in [-0.1, -0.05) is 6.07 Å². The Bertz CT molecular complexity index is 851. The van der Waals surface area contributed by atoms with Gasteiger partial charge in [-0.3, -0.25) is 14.9 Å². The zero-order chi connectivity index (χ0) is 19.4. The molecule has 1 aliphatic heterocycles. The van der Waals surface area contributed by atoms with E-state index in [1.807, 2.05) is 30.5 Å². The lowest BCUT2D eigenvalue weighted by Crippen LogP contribution is -2.48. The molecule has 0 N–H and O–H groups in total. The van der Waals surface area contributed by atoms with Gasteiger partial charge in [-0.2, -0.15) is 0 Å². The molecule has 0 radical (unpaired) electrons. The number of amides is 1. The fourth-order valence-electron chi connectivity index (χ4n) is 3.12. The monoisotopic (exact) mass is 387 g/mol. The van der Waals surface area contributed by atoms with Crippen molar-refractivity contribution >= 4 is 29.0 Å². The Morgan fingerprint density at radius 2 is 1.89 bits per heavy atom. The van der Waals surface area contributed by atoms with Crippen molar-refractivity contribution in [2.45, 2.75) is 4.90 Å². The third kappa shape index (κ3) is 4.16. The quantitative estimate of drug-likeness (QED) is 0.445. The van der Waals surface area contributed by atoms with Gasteiger partial charge in [0, 0.05) is 48.9 Å². The van der Waals surface area contributed by atoms with Gasteiger partial charge in [-0.15, -0.1) is 11.8 Å². The van der Waals surface area contributed by atoms with E-state index in [4.69, 9.17) is 4.74 Å². The van der Waals surface area contributed by atoms with E-state index in [2.05, 4.69) is 4.90 Å². The van der Waals surface area contributed by atoms with Crippen LogP contribution in [0.15, 0.2) is 47.4 Å². The largest absolute Gasteiger partial charge is 0.497 e. The van der Waals surface area contributed by atoms with E-state index in [9.17, 15) is 14.9 Å². The lowest BCUT2D eigenvalue weighted by atomic mass is 10.1. The summed E-state index contributed by atoms with van der Waals surface area (Å²) in [4.78, 5) is 28.4. The summed E-state index contributed by atoms with van der Waals surface area (Å²) in [6.45, 7) is 2.34. The molecule has 0 unspecified atom stereocenters. The highest BCUT2D eigenvalue weighted by Gasteiger charge is 2.28. The number of anilines is 1. The van der Waals surface area contributed by atoms with Crippen LogP contribution in [0, 0.1) is 10.1 Å². The van der Waals surface area contributed by atoms with Gasteiger partial charge < -0.3 is 14.5 Å². The molecule has 142 valence electrons. The van der Waals surface area contributed by atoms with Crippen LogP contribution in [0.4, 0.5) is 11.4 Å². The normalized spacial score (nSPS) is 14.1. The fourth-order valence-corrected chi connectivity index (χ4v) is 3.56. The number of benzene rings is 2. The van der Waals surface area contributed by atoms with Gasteiger partial charge in [0.25, 0.3) is 11.6 Å². The summed E-state index contributed by atoms with van der Waals surface area (Å²) in [6.07, 6.45) is 1.88. The number of piperazine rings is 1. The molecule has 0 saturated carbocycles. The third-order valence-corrected chi connectivity index (χ3v) is 5.34. The number of carbonyl (C=O) groups is 1. The number of carbonyl (C=O) groups excluding carboxylic acids is 1. The van der Waals surface area contributed by atoms with E-state index >= 15 is 0 Å². The molecule has 1 aliphatic rings. The minimum atomic E-state index is -0.496. The SMILES string of the molecule is COc1cccc(N2CCN(C(=O)c3cc(SC)ccc3[N+](=O)[O-])CC2)c1. The number of thioether (sulfide) groups is 1. The van der Waals surface area contributed by atoms with Crippen LogP contribution in [0.5, 0.6) is 5.75 Å². The highest BCUT2D eigenvalue weighted by molar-refractivity contribution is 7.98.